The van der Waals surface area contributed by atoms with Crippen LogP contribution in [0.4, 0.5) is 15.5 Å². The van der Waals surface area contributed by atoms with Gasteiger partial charge < -0.3 is 55.1 Å². The zero-order valence-electron chi connectivity index (χ0n) is 40.5. The maximum absolute atomic E-state index is 14.7. The molecule has 21 heteroatoms. The van der Waals surface area contributed by atoms with Crippen LogP contribution in [0.5, 0.6) is 0 Å². The number of ether oxygens (including phenoxy) is 6. The smallest absolute Gasteiger partial charge is 0.408 e. The first-order valence-electron chi connectivity index (χ1n) is 23.0. The second kappa shape index (κ2) is 25.7. The third kappa shape index (κ3) is 15.6. The van der Waals surface area contributed by atoms with Gasteiger partial charge in [0.2, 0.25) is 12.1 Å². The van der Waals surface area contributed by atoms with Crippen LogP contribution in [-0.2, 0) is 74.0 Å². The quantitative estimate of drug-likeness (QED) is 0.0413. The number of amides is 2. The van der Waals surface area contributed by atoms with Gasteiger partial charge >= 0.3 is 36.1 Å². The van der Waals surface area contributed by atoms with E-state index in [0.29, 0.717) is 16.7 Å². The van der Waals surface area contributed by atoms with Crippen LogP contribution in [0.3, 0.4) is 0 Å². The number of hydrogen-bond donors (Lipinski definition) is 5. The Morgan fingerprint density at radius 1 is 0.634 bits per heavy atom. The molecule has 2 aromatic heterocycles. The standard InChI is InChI=1S/C50H62N8O13/c1-30(2)36(51)43(60)71-40(46(63)66-24-33-16-10-7-11-17-33)50(22-23-58-29-53-39-41(58)56-47(52)57-42(39)59,27-69-44(61)37(31(3)4)54-48(64)67-25-34-18-12-8-13-19-34)28-70-45(62)38(32(5)6)55-49(65)68-26-35-20-14-9-15-21-35/h7-21,29-32,36-38,40H,22-28,51H2,1-6H3,(H,54,64)(H,55,65)(H3,52,56,57,59)/t36-,37-,38-,40?/m1/s1. The number of rotatable bonds is 24. The minimum absolute atomic E-state index is 0.0207. The number of fused-ring (bicyclic) bond motifs is 1. The largest absolute Gasteiger partial charge is 0.463 e. The average molecular weight is 983 g/mol. The molecule has 0 saturated carbocycles. The number of nitrogens with one attached hydrogen (secondary N) is 3. The van der Waals surface area contributed by atoms with E-state index in [1.807, 2.05) is 0 Å². The maximum atomic E-state index is 14.7. The first-order chi connectivity index (χ1) is 33.9. The summed E-state index contributed by atoms with van der Waals surface area (Å²) in [5, 5.41) is 5.09. The second-order valence-electron chi connectivity index (χ2n) is 17.9. The number of H-pyrrole nitrogens is 1. The van der Waals surface area contributed by atoms with Gasteiger partial charge in [-0.3, -0.25) is 14.6 Å². The van der Waals surface area contributed by atoms with E-state index in [1.54, 1.807) is 133 Å². The summed E-state index contributed by atoms with van der Waals surface area (Å²) in [5.74, 6) is -6.15. The molecule has 5 rings (SSSR count). The monoisotopic (exact) mass is 982 g/mol. The number of aryl methyl sites for hydroxylation is 1. The number of aromatic nitrogens is 4. The van der Waals surface area contributed by atoms with Gasteiger partial charge in [-0.1, -0.05) is 133 Å². The molecule has 71 heavy (non-hydrogen) atoms. The molecule has 0 radical (unpaired) electrons. The van der Waals surface area contributed by atoms with Crippen LogP contribution in [0.2, 0.25) is 0 Å². The Morgan fingerprint density at radius 3 is 1.52 bits per heavy atom. The molecule has 0 spiro atoms. The second-order valence-corrected chi connectivity index (χ2v) is 17.9. The Kier molecular flexibility index (Phi) is 19.6. The topological polar surface area (TPSA) is 297 Å². The number of nitrogens with zero attached hydrogens (tertiary/aromatic N) is 3. The van der Waals surface area contributed by atoms with Gasteiger partial charge in [-0.2, -0.15) is 4.98 Å². The molecular formula is C50H62N8O13. The summed E-state index contributed by atoms with van der Waals surface area (Å²) in [6.45, 7) is 7.44. The lowest BCUT2D eigenvalue weighted by atomic mass is 9.79. The van der Waals surface area contributed by atoms with Crippen LogP contribution < -0.4 is 27.7 Å². The fourth-order valence-electron chi connectivity index (χ4n) is 7.03. The number of alkyl carbamates (subject to hydrolysis) is 2. The van der Waals surface area contributed by atoms with Crippen molar-refractivity contribution in [2.24, 2.45) is 28.9 Å². The van der Waals surface area contributed by atoms with Crippen molar-refractivity contribution in [3.8, 4) is 0 Å². The first-order valence-corrected chi connectivity index (χ1v) is 23.0. The Morgan fingerprint density at radius 2 is 1.08 bits per heavy atom. The van der Waals surface area contributed by atoms with E-state index in [1.165, 1.54) is 10.9 Å². The highest BCUT2D eigenvalue weighted by atomic mass is 16.6. The van der Waals surface area contributed by atoms with E-state index >= 15 is 0 Å². The van der Waals surface area contributed by atoms with Crippen molar-refractivity contribution in [2.45, 2.75) is 98.6 Å². The summed E-state index contributed by atoms with van der Waals surface area (Å²) in [6, 6.07) is 22.3. The number of aromatic amines is 1. The zero-order valence-corrected chi connectivity index (χ0v) is 40.5. The van der Waals surface area contributed by atoms with Gasteiger partial charge in [0, 0.05) is 6.54 Å². The lowest BCUT2D eigenvalue weighted by Gasteiger charge is -2.39. The van der Waals surface area contributed by atoms with Crippen molar-refractivity contribution in [2.75, 3.05) is 18.9 Å². The van der Waals surface area contributed by atoms with Gasteiger partial charge in [0.25, 0.3) is 5.56 Å². The summed E-state index contributed by atoms with van der Waals surface area (Å²) in [5.41, 5.74) is 11.3. The van der Waals surface area contributed by atoms with Gasteiger partial charge in [-0.25, -0.2) is 29.0 Å². The van der Waals surface area contributed by atoms with Crippen LogP contribution in [0.25, 0.3) is 11.2 Å². The fourth-order valence-corrected chi connectivity index (χ4v) is 7.03. The third-order valence-electron chi connectivity index (χ3n) is 11.4. The third-order valence-corrected chi connectivity index (χ3v) is 11.4. The van der Waals surface area contributed by atoms with Crippen molar-refractivity contribution < 1.29 is 57.2 Å². The summed E-state index contributed by atoms with van der Waals surface area (Å²) in [4.78, 5) is 107. The predicted molar refractivity (Wildman–Crippen MR) is 257 cm³/mol. The highest BCUT2D eigenvalue weighted by molar-refractivity contribution is 5.84. The highest BCUT2D eigenvalue weighted by Gasteiger charge is 2.51. The Bertz CT molecular complexity index is 2540. The molecule has 2 amide bonds. The van der Waals surface area contributed by atoms with Gasteiger partial charge in [0.15, 0.2) is 11.2 Å². The molecular weight excluding hydrogens is 921 g/mol. The molecule has 0 aliphatic carbocycles. The summed E-state index contributed by atoms with van der Waals surface area (Å²) in [7, 11) is 0. The number of imidazole rings is 1. The molecule has 21 nitrogen and oxygen atoms in total. The molecule has 4 atom stereocenters. The SMILES string of the molecule is CC(C)[C@@H](N)C(=O)OC(C(=O)OCc1ccccc1)C(CCn1cnc2c(=O)[nH]c(N)nc21)(COC(=O)[C@H](NC(=O)OCc1ccccc1)C(C)C)COC(=O)[C@H](NC(=O)OCc1ccccc1)C(C)C. The molecule has 1 unspecified atom stereocenters. The Labute approximate surface area is 410 Å². The van der Waals surface area contributed by atoms with Crippen LogP contribution in [0.1, 0.15) is 64.7 Å². The number of carbonyl (C=O) groups is 6. The minimum atomic E-state index is -2.10. The van der Waals surface area contributed by atoms with Crippen molar-refractivity contribution in [3.63, 3.8) is 0 Å². The minimum Gasteiger partial charge on any atom is -0.463 e. The molecule has 5 aromatic rings. The van der Waals surface area contributed by atoms with E-state index in [9.17, 15) is 33.6 Å². The summed E-state index contributed by atoms with van der Waals surface area (Å²) < 4.78 is 36.1. The van der Waals surface area contributed by atoms with Crippen LogP contribution in [-0.4, -0.2) is 93.0 Å². The predicted octanol–water partition coefficient (Wildman–Crippen LogP) is 4.71. The van der Waals surface area contributed by atoms with Gasteiger partial charge in [-0.05, 0) is 40.9 Å². The van der Waals surface area contributed by atoms with Gasteiger partial charge in [-0.15, -0.1) is 0 Å². The van der Waals surface area contributed by atoms with Crippen molar-refractivity contribution in [3.05, 3.63) is 124 Å². The first kappa shape index (κ1) is 54.1. The van der Waals surface area contributed by atoms with E-state index in [4.69, 9.17) is 39.9 Å². The fraction of sp³-hybridized carbons (Fsp3) is 0.420. The van der Waals surface area contributed by atoms with E-state index in [-0.39, 0.29) is 49.9 Å². The number of esters is 4. The van der Waals surface area contributed by atoms with Crippen LogP contribution in [0, 0.1) is 23.2 Å². The molecule has 0 bridgehead atoms. The molecule has 3 aromatic carbocycles. The van der Waals surface area contributed by atoms with E-state index in [2.05, 4.69) is 25.6 Å². The molecule has 7 N–H and O–H groups in total. The number of carbonyl (C=O) groups excluding carboxylic acids is 6. The maximum Gasteiger partial charge on any atom is 0.408 e. The lowest BCUT2D eigenvalue weighted by molar-refractivity contribution is -0.193. The van der Waals surface area contributed by atoms with Gasteiger partial charge in [0.1, 0.15) is 51.2 Å². The average Bonchev–Trinajstić information content (AvgIpc) is 3.77. The Balaban J connectivity index is 1.57. The normalized spacial score (nSPS) is 13.2. The van der Waals surface area contributed by atoms with E-state index in [0.717, 1.165) is 0 Å². The van der Waals surface area contributed by atoms with Crippen LogP contribution in [0.15, 0.2) is 102 Å². The number of anilines is 1. The van der Waals surface area contributed by atoms with Crippen molar-refractivity contribution in [1.29, 1.82) is 0 Å². The van der Waals surface area contributed by atoms with E-state index < -0.39 is 102 Å². The molecule has 2 heterocycles. The van der Waals surface area contributed by atoms with Crippen LogP contribution >= 0.6 is 0 Å². The number of hydrogen-bond acceptors (Lipinski definition) is 17. The summed E-state index contributed by atoms with van der Waals surface area (Å²) >= 11 is 0. The van der Waals surface area contributed by atoms with Crippen molar-refractivity contribution >= 4 is 53.2 Å². The number of nitrogens with two attached hydrogens (primary N) is 2. The molecule has 0 fully saturated rings. The molecule has 0 aliphatic heterocycles. The number of benzene rings is 3. The highest BCUT2D eigenvalue weighted by Crippen LogP contribution is 2.35. The molecule has 0 aliphatic rings. The molecule has 380 valence electrons. The lowest BCUT2D eigenvalue weighted by Crippen LogP contribution is -2.55. The van der Waals surface area contributed by atoms with Crippen molar-refractivity contribution in [1.82, 2.24) is 30.2 Å². The molecule has 0 saturated heterocycles. The van der Waals surface area contributed by atoms with Gasteiger partial charge in [0.05, 0.1) is 11.7 Å². The summed E-state index contributed by atoms with van der Waals surface area (Å²) in [6.07, 6.45) is -3.03. The Hall–Kier alpha value is -7.81. The number of nitrogen functional groups attached to an aromatic ring is 1. The zero-order chi connectivity index (χ0) is 51.7.